The largest absolute Gasteiger partial charge is 0.374 e. The molecule has 0 radical (unpaired) electrons. The quantitative estimate of drug-likeness (QED) is 0.343. The summed E-state index contributed by atoms with van der Waals surface area (Å²) in [6, 6.07) is -1.05. The zero-order valence-corrected chi connectivity index (χ0v) is 13.4. The number of nitrogens with zero attached hydrogens (tertiary/aromatic N) is 1. The van der Waals surface area contributed by atoms with Gasteiger partial charge in [-0.1, -0.05) is 25.2 Å². The van der Waals surface area contributed by atoms with Crippen molar-refractivity contribution in [1.82, 2.24) is 15.5 Å². The molecule has 1 aliphatic rings. The number of rotatable bonds is 9. The van der Waals surface area contributed by atoms with Crippen molar-refractivity contribution in [3.63, 3.8) is 0 Å². The molecule has 0 aromatic rings. The highest BCUT2D eigenvalue weighted by atomic mass is 16.2. The zero-order chi connectivity index (χ0) is 18.3. The van der Waals surface area contributed by atoms with Crippen LogP contribution < -0.4 is 10.6 Å². The SMILES string of the molecule is C#CCNC(=C)C1=C(C=C)C(=O)N(C(C=O)CCC(=O)NC)C1=O. The van der Waals surface area contributed by atoms with Crippen molar-refractivity contribution in [1.29, 1.82) is 0 Å². The third-order valence-electron chi connectivity index (χ3n) is 3.50. The van der Waals surface area contributed by atoms with Gasteiger partial charge >= 0.3 is 0 Å². The van der Waals surface area contributed by atoms with E-state index in [4.69, 9.17) is 6.42 Å². The van der Waals surface area contributed by atoms with E-state index in [0.29, 0.717) is 6.29 Å². The Bertz CT molecular complexity index is 670. The number of aldehydes is 1. The maximum Gasteiger partial charge on any atom is 0.264 e. The van der Waals surface area contributed by atoms with Crippen LogP contribution in [0.3, 0.4) is 0 Å². The fraction of sp³-hybridized carbons (Fsp3) is 0.294. The Morgan fingerprint density at radius 3 is 2.58 bits per heavy atom. The summed E-state index contributed by atoms with van der Waals surface area (Å²) in [5.74, 6) is 0.723. The van der Waals surface area contributed by atoms with Crippen LogP contribution >= 0.6 is 0 Å². The molecule has 24 heavy (non-hydrogen) atoms. The Kier molecular flexibility index (Phi) is 6.68. The second-order valence-electron chi connectivity index (χ2n) is 4.92. The molecule has 0 spiro atoms. The highest BCUT2D eigenvalue weighted by molar-refractivity contribution is 6.23. The number of imide groups is 1. The van der Waals surface area contributed by atoms with Crippen LogP contribution in [0.25, 0.3) is 0 Å². The molecule has 0 aliphatic carbocycles. The van der Waals surface area contributed by atoms with Crippen LogP contribution in [-0.2, 0) is 19.2 Å². The maximum absolute atomic E-state index is 12.6. The van der Waals surface area contributed by atoms with Crippen LogP contribution in [0.1, 0.15) is 12.8 Å². The van der Waals surface area contributed by atoms with Crippen LogP contribution in [0.4, 0.5) is 0 Å². The van der Waals surface area contributed by atoms with Crippen LogP contribution in [0.15, 0.2) is 36.1 Å². The van der Waals surface area contributed by atoms with Gasteiger partial charge in [0.25, 0.3) is 11.8 Å². The van der Waals surface area contributed by atoms with E-state index < -0.39 is 17.9 Å². The predicted octanol–water partition coefficient (Wildman–Crippen LogP) is -0.332. The molecular formula is C17H19N3O4. The van der Waals surface area contributed by atoms with Crippen LogP contribution in [0.2, 0.25) is 0 Å². The standard InChI is InChI=1S/C17H19N3O4/c1-5-9-19-11(3)15-13(6-2)16(23)20(17(15)24)12(10-21)7-8-14(22)18-4/h1,6,10,12,19H,2-3,7-9H2,4H3,(H,18,22). The van der Waals surface area contributed by atoms with Crippen LogP contribution in [-0.4, -0.2) is 48.5 Å². The molecule has 0 fully saturated rings. The van der Waals surface area contributed by atoms with Gasteiger partial charge in [0.15, 0.2) is 0 Å². The van der Waals surface area contributed by atoms with E-state index in [1.165, 1.54) is 13.1 Å². The van der Waals surface area contributed by atoms with Gasteiger partial charge in [-0.2, -0.15) is 0 Å². The molecule has 126 valence electrons. The molecule has 0 bridgehead atoms. The smallest absolute Gasteiger partial charge is 0.264 e. The molecule has 7 heteroatoms. The second kappa shape index (κ2) is 8.48. The highest BCUT2D eigenvalue weighted by Crippen LogP contribution is 2.28. The Morgan fingerprint density at radius 2 is 2.08 bits per heavy atom. The van der Waals surface area contributed by atoms with Crippen molar-refractivity contribution in [3.05, 3.63) is 36.1 Å². The molecule has 1 atom stereocenters. The number of hydrogen-bond acceptors (Lipinski definition) is 5. The van der Waals surface area contributed by atoms with Gasteiger partial charge in [0.05, 0.1) is 23.7 Å². The van der Waals surface area contributed by atoms with Gasteiger partial charge in [-0.3, -0.25) is 19.3 Å². The summed E-state index contributed by atoms with van der Waals surface area (Å²) >= 11 is 0. The molecule has 0 saturated heterocycles. The van der Waals surface area contributed by atoms with Crippen molar-refractivity contribution in [2.24, 2.45) is 0 Å². The topological polar surface area (TPSA) is 95.6 Å². The fourth-order valence-electron chi connectivity index (χ4n) is 2.25. The number of carbonyl (C=O) groups excluding carboxylic acids is 4. The Morgan fingerprint density at radius 1 is 1.42 bits per heavy atom. The first kappa shape index (κ1) is 18.9. The van der Waals surface area contributed by atoms with E-state index >= 15 is 0 Å². The first-order valence-electron chi connectivity index (χ1n) is 7.19. The number of carbonyl (C=O) groups is 4. The summed E-state index contributed by atoms with van der Waals surface area (Å²) in [5.41, 5.74) is 0.248. The highest BCUT2D eigenvalue weighted by Gasteiger charge is 2.41. The summed E-state index contributed by atoms with van der Waals surface area (Å²) in [7, 11) is 1.46. The molecule has 1 aliphatic heterocycles. The van der Waals surface area contributed by atoms with Gasteiger partial charge in [-0.25, -0.2) is 0 Å². The first-order valence-corrected chi connectivity index (χ1v) is 7.19. The molecule has 0 aromatic heterocycles. The summed E-state index contributed by atoms with van der Waals surface area (Å²) < 4.78 is 0. The van der Waals surface area contributed by atoms with Crippen molar-refractivity contribution >= 4 is 24.0 Å². The van der Waals surface area contributed by atoms with Gasteiger partial charge in [0, 0.05) is 19.2 Å². The average Bonchev–Trinajstić information content (AvgIpc) is 2.83. The Labute approximate surface area is 140 Å². The number of hydrogen-bond donors (Lipinski definition) is 2. The molecule has 1 unspecified atom stereocenters. The summed E-state index contributed by atoms with van der Waals surface area (Å²) in [4.78, 5) is 48.6. The van der Waals surface area contributed by atoms with E-state index in [0.717, 1.165) is 4.90 Å². The van der Waals surface area contributed by atoms with E-state index in [-0.39, 0.29) is 42.1 Å². The fourth-order valence-corrected chi connectivity index (χ4v) is 2.25. The summed E-state index contributed by atoms with van der Waals surface area (Å²) in [6.45, 7) is 7.36. The predicted molar refractivity (Wildman–Crippen MR) is 88.2 cm³/mol. The lowest BCUT2D eigenvalue weighted by Crippen LogP contribution is -2.43. The molecule has 1 rings (SSSR count). The number of nitrogens with one attached hydrogen (secondary N) is 2. The Hall–Kier alpha value is -3.14. The van der Waals surface area contributed by atoms with Gasteiger partial charge in [-0.05, 0) is 6.42 Å². The first-order chi connectivity index (χ1) is 11.4. The van der Waals surface area contributed by atoms with Crippen molar-refractivity contribution in [2.75, 3.05) is 13.6 Å². The van der Waals surface area contributed by atoms with E-state index in [1.54, 1.807) is 0 Å². The van der Waals surface area contributed by atoms with Gasteiger partial charge in [0.1, 0.15) is 6.29 Å². The lowest BCUT2D eigenvalue weighted by atomic mass is 10.1. The molecule has 3 amide bonds. The monoisotopic (exact) mass is 329 g/mol. The normalized spacial score (nSPS) is 14.9. The number of terminal acetylenes is 1. The van der Waals surface area contributed by atoms with Crippen molar-refractivity contribution in [2.45, 2.75) is 18.9 Å². The minimum Gasteiger partial charge on any atom is -0.374 e. The zero-order valence-electron chi connectivity index (χ0n) is 13.4. The molecule has 1 heterocycles. The van der Waals surface area contributed by atoms with Gasteiger partial charge < -0.3 is 15.4 Å². The molecular weight excluding hydrogens is 310 g/mol. The summed E-state index contributed by atoms with van der Waals surface area (Å²) in [5, 5.41) is 5.15. The van der Waals surface area contributed by atoms with Gasteiger partial charge in [-0.15, -0.1) is 6.42 Å². The molecule has 2 N–H and O–H groups in total. The Balaban J connectivity index is 3.07. The molecule has 0 saturated carbocycles. The number of amides is 3. The van der Waals surface area contributed by atoms with E-state index in [2.05, 4.69) is 29.7 Å². The lowest BCUT2D eigenvalue weighted by Gasteiger charge is -2.22. The van der Waals surface area contributed by atoms with Crippen molar-refractivity contribution < 1.29 is 19.2 Å². The third kappa shape index (κ3) is 3.79. The van der Waals surface area contributed by atoms with Crippen LogP contribution in [0, 0.1) is 12.3 Å². The van der Waals surface area contributed by atoms with Gasteiger partial charge in [0.2, 0.25) is 5.91 Å². The van der Waals surface area contributed by atoms with Crippen LogP contribution in [0.5, 0.6) is 0 Å². The van der Waals surface area contributed by atoms with E-state index in [1.807, 2.05) is 0 Å². The molecule has 0 aromatic carbocycles. The maximum atomic E-state index is 12.6. The minimum atomic E-state index is -1.05. The van der Waals surface area contributed by atoms with Crippen molar-refractivity contribution in [3.8, 4) is 12.3 Å². The van der Waals surface area contributed by atoms with E-state index in [9.17, 15) is 19.2 Å². The summed E-state index contributed by atoms with van der Waals surface area (Å²) in [6.07, 6.45) is 6.89. The molecule has 7 nitrogen and oxygen atoms in total. The minimum absolute atomic E-state index is 0.00596. The lowest BCUT2D eigenvalue weighted by molar-refractivity contribution is -0.143. The second-order valence-corrected chi connectivity index (χ2v) is 4.92. The third-order valence-corrected chi connectivity index (χ3v) is 3.50. The average molecular weight is 329 g/mol.